The molecule has 3 rings (SSSR count). The number of rotatable bonds is 5. The number of anilines is 2. The largest absolute Gasteiger partial charge is 0.368 e. The van der Waals surface area contributed by atoms with Crippen LogP contribution in [0.5, 0.6) is 0 Å². The monoisotopic (exact) mass is 367 g/mol. The molecule has 0 aliphatic carbocycles. The van der Waals surface area contributed by atoms with Crippen molar-refractivity contribution in [1.82, 2.24) is 15.2 Å². The van der Waals surface area contributed by atoms with E-state index in [9.17, 15) is 9.59 Å². The van der Waals surface area contributed by atoms with Crippen molar-refractivity contribution in [1.29, 1.82) is 0 Å². The highest BCUT2D eigenvalue weighted by Crippen LogP contribution is 2.15. The fourth-order valence-corrected chi connectivity index (χ4v) is 3.03. The van der Waals surface area contributed by atoms with Crippen LogP contribution in [0.2, 0.25) is 0 Å². The Labute approximate surface area is 159 Å². The second kappa shape index (κ2) is 8.53. The number of nitrogens with one attached hydrogen (secondary N) is 1. The third-order valence-electron chi connectivity index (χ3n) is 4.62. The van der Waals surface area contributed by atoms with Gasteiger partial charge in [0, 0.05) is 57.7 Å². The molecule has 1 aliphatic rings. The Morgan fingerprint density at radius 1 is 1.07 bits per heavy atom. The Morgan fingerprint density at radius 3 is 2.44 bits per heavy atom. The lowest BCUT2D eigenvalue weighted by atomic mass is 10.2. The van der Waals surface area contributed by atoms with E-state index in [4.69, 9.17) is 0 Å². The summed E-state index contributed by atoms with van der Waals surface area (Å²) in [6.07, 6.45) is 1.59. The van der Waals surface area contributed by atoms with Crippen molar-refractivity contribution in [2.45, 2.75) is 0 Å². The van der Waals surface area contributed by atoms with E-state index in [-0.39, 0.29) is 18.4 Å². The van der Waals surface area contributed by atoms with Crippen LogP contribution >= 0.6 is 0 Å². The van der Waals surface area contributed by atoms with E-state index >= 15 is 0 Å². The Bertz CT molecular complexity index is 786. The molecule has 1 N–H and O–H groups in total. The molecule has 1 aromatic heterocycles. The molecule has 1 fully saturated rings. The maximum Gasteiger partial charge on any atom is 0.251 e. The molecule has 0 atom stereocenters. The number of amides is 2. The van der Waals surface area contributed by atoms with E-state index in [1.165, 1.54) is 5.69 Å². The van der Waals surface area contributed by atoms with Gasteiger partial charge in [-0.15, -0.1) is 0 Å². The number of benzene rings is 1. The molecule has 0 bridgehead atoms. The first-order valence-electron chi connectivity index (χ1n) is 9.04. The minimum Gasteiger partial charge on any atom is -0.368 e. The van der Waals surface area contributed by atoms with Gasteiger partial charge in [0.1, 0.15) is 5.82 Å². The Morgan fingerprint density at radius 2 is 1.78 bits per heavy atom. The van der Waals surface area contributed by atoms with Gasteiger partial charge in [-0.3, -0.25) is 9.59 Å². The van der Waals surface area contributed by atoms with Crippen molar-refractivity contribution in [2.24, 2.45) is 0 Å². The van der Waals surface area contributed by atoms with Gasteiger partial charge in [0.2, 0.25) is 5.91 Å². The summed E-state index contributed by atoms with van der Waals surface area (Å²) < 4.78 is 0. The average molecular weight is 367 g/mol. The number of hydrogen-bond acceptors (Lipinski definition) is 5. The van der Waals surface area contributed by atoms with E-state index in [1.54, 1.807) is 23.2 Å². The average Bonchev–Trinajstić information content (AvgIpc) is 2.72. The van der Waals surface area contributed by atoms with Crippen LogP contribution in [0.15, 0.2) is 48.7 Å². The zero-order valence-corrected chi connectivity index (χ0v) is 15.8. The SMILES string of the molecule is CN(C)c1cc(C(=O)NCC(=O)N2CCN(c3ccccc3)CC2)ccn1. The third-order valence-corrected chi connectivity index (χ3v) is 4.62. The summed E-state index contributed by atoms with van der Waals surface area (Å²) in [6, 6.07) is 13.5. The molecule has 7 nitrogen and oxygen atoms in total. The first-order valence-corrected chi connectivity index (χ1v) is 9.04. The minimum atomic E-state index is -0.267. The van der Waals surface area contributed by atoms with Crippen LogP contribution < -0.4 is 15.1 Å². The quantitative estimate of drug-likeness (QED) is 0.861. The first-order chi connectivity index (χ1) is 13.0. The van der Waals surface area contributed by atoms with Gasteiger partial charge in [-0.2, -0.15) is 0 Å². The first kappa shape index (κ1) is 18.7. The Kier molecular flexibility index (Phi) is 5.90. The van der Waals surface area contributed by atoms with Crippen LogP contribution in [0.4, 0.5) is 11.5 Å². The molecule has 142 valence electrons. The standard InChI is InChI=1S/C20H25N5O2/c1-23(2)18-14-16(8-9-21-18)20(27)22-15-19(26)25-12-10-24(11-13-25)17-6-4-3-5-7-17/h3-9,14H,10-13,15H2,1-2H3,(H,22,27). The molecule has 2 aromatic rings. The summed E-state index contributed by atoms with van der Waals surface area (Å²) in [7, 11) is 3.73. The molecular weight excluding hydrogens is 342 g/mol. The maximum absolute atomic E-state index is 12.4. The normalized spacial score (nSPS) is 14.0. The summed E-state index contributed by atoms with van der Waals surface area (Å²) in [6.45, 7) is 2.90. The summed E-state index contributed by atoms with van der Waals surface area (Å²) in [5.41, 5.74) is 1.67. The number of nitrogens with zero attached hydrogens (tertiary/aromatic N) is 4. The number of pyridine rings is 1. The maximum atomic E-state index is 12.4. The number of carbonyl (C=O) groups is 2. The van der Waals surface area contributed by atoms with Gasteiger partial charge in [0.05, 0.1) is 6.54 Å². The fraction of sp³-hybridized carbons (Fsp3) is 0.350. The highest BCUT2D eigenvalue weighted by Gasteiger charge is 2.21. The van der Waals surface area contributed by atoms with E-state index in [0.717, 1.165) is 13.1 Å². The molecule has 0 unspecified atom stereocenters. The fourth-order valence-electron chi connectivity index (χ4n) is 3.03. The van der Waals surface area contributed by atoms with Crippen molar-refractivity contribution in [2.75, 3.05) is 56.6 Å². The molecule has 1 aliphatic heterocycles. The Hall–Kier alpha value is -3.09. The zero-order valence-electron chi connectivity index (χ0n) is 15.8. The molecule has 0 radical (unpaired) electrons. The van der Waals surface area contributed by atoms with Crippen LogP contribution in [0, 0.1) is 0 Å². The topological polar surface area (TPSA) is 68.8 Å². The van der Waals surface area contributed by atoms with Gasteiger partial charge in [0.15, 0.2) is 0 Å². The highest BCUT2D eigenvalue weighted by atomic mass is 16.2. The summed E-state index contributed by atoms with van der Waals surface area (Å²) in [5, 5.41) is 2.72. The molecule has 7 heteroatoms. The van der Waals surface area contributed by atoms with Gasteiger partial charge in [-0.25, -0.2) is 4.98 Å². The number of piperazine rings is 1. The second-order valence-corrected chi connectivity index (χ2v) is 6.68. The van der Waals surface area contributed by atoms with Crippen LogP contribution in [-0.2, 0) is 4.79 Å². The third kappa shape index (κ3) is 4.75. The van der Waals surface area contributed by atoms with Gasteiger partial charge < -0.3 is 20.0 Å². The van der Waals surface area contributed by atoms with Crippen LogP contribution in [0.1, 0.15) is 10.4 Å². The zero-order chi connectivity index (χ0) is 19.2. The van der Waals surface area contributed by atoms with Gasteiger partial charge in [-0.1, -0.05) is 18.2 Å². The second-order valence-electron chi connectivity index (χ2n) is 6.68. The van der Waals surface area contributed by atoms with Crippen LogP contribution in [0.3, 0.4) is 0 Å². The van der Waals surface area contributed by atoms with Crippen LogP contribution in [0.25, 0.3) is 0 Å². The Balaban J connectivity index is 1.48. The molecular formula is C20H25N5O2. The van der Waals surface area contributed by atoms with E-state index in [2.05, 4.69) is 27.3 Å². The lowest BCUT2D eigenvalue weighted by Gasteiger charge is -2.36. The number of hydrogen-bond donors (Lipinski definition) is 1. The van der Waals surface area contributed by atoms with Crippen LogP contribution in [-0.4, -0.2) is 68.5 Å². The van der Waals surface area contributed by atoms with Crippen molar-refractivity contribution >= 4 is 23.3 Å². The molecule has 1 aromatic carbocycles. The molecule has 1 saturated heterocycles. The number of para-hydroxylation sites is 1. The van der Waals surface area contributed by atoms with Gasteiger partial charge >= 0.3 is 0 Å². The van der Waals surface area contributed by atoms with Crippen molar-refractivity contribution in [3.8, 4) is 0 Å². The van der Waals surface area contributed by atoms with Gasteiger partial charge in [0.25, 0.3) is 5.91 Å². The highest BCUT2D eigenvalue weighted by molar-refractivity contribution is 5.97. The smallest absolute Gasteiger partial charge is 0.251 e. The minimum absolute atomic E-state index is 0.00376. The van der Waals surface area contributed by atoms with Crippen molar-refractivity contribution in [3.63, 3.8) is 0 Å². The number of aromatic nitrogens is 1. The van der Waals surface area contributed by atoms with E-state index < -0.39 is 0 Å². The predicted octanol–water partition coefficient (Wildman–Crippen LogP) is 1.23. The molecule has 2 amide bonds. The summed E-state index contributed by atoms with van der Waals surface area (Å²) >= 11 is 0. The number of carbonyl (C=O) groups excluding carboxylic acids is 2. The van der Waals surface area contributed by atoms with E-state index in [1.807, 2.05) is 37.2 Å². The van der Waals surface area contributed by atoms with Crippen molar-refractivity contribution < 1.29 is 9.59 Å². The molecule has 2 heterocycles. The predicted molar refractivity (Wildman–Crippen MR) is 106 cm³/mol. The van der Waals surface area contributed by atoms with Crippen molar-refractivity contribution in [3.05, 3.63) is 54.2 Å². The molecule has 0 saturated carbocycles. The summed E-state index contributed by atoms with van der Waals surface area (Å²) in [5.74, 6) is 0.376. The summed E-state index contributed by atoms with van der Waals surface area (Å²) in [4.78, 5) is 34.8. The molecule has 0 spiro atoms. The van der Waals surface area contributed by atoms with Gasteiger partial charge in [-0.05, 0) is 24.3 Å². The lowest BCUT2D eigenvalue weighted by Crippen LogP contribution is -2.51. The molecule has 27 heavy (non-hydrogen) atoms. The van der Waals surface area contributed by atoms with E-state index in [0.29, 0.717) is 24.5 Å². The lowest BCUT2D eigenvalue weighted by molar-refractivity contribution is -0.130.